The van der Waals surface area contributed by atoms with Crippen LogP contribution < -0.4 is 14.8 Å². The van der Waals surface area contributed by atoms with Gasteiger partial charge in [-0.3, -0.25) is 9.52 Å². The molecule has 0 aliphatic carbocycles. The van der Waals surface area contributed by atoms with Crippen LogP contribution in [0.2, 0.25) is 0 Å². The predicted octanol–water partition coefficient (Wildman–Crippen LogP) is 6.03. The van der Waals surface area contributed by atoms with Crippen molar-refractivity contribution in [2.24, 2.45) is 0 Å². The van der Waals surface area contributed by atoms with E-state index < -0.39 is 15.9 Å². The van der Waals surface area contributed by atoms with Gasteiger partial charge in [0.05, 0.1) is 33.5 Å². The lowest BCUT2D eigenvalue weighted by molar-refractivity contribution is 0.102. The van der Waals surface area contributed by atoms with Crippen molar-refractivity contribution >= 4 is 48.9 Å². The molecule has 9 heteroatoms. The van der Waals surface area contributed by atoms with E-state index in [4.69, 9.17) is 4.74 Å². The van der Waals surface area contributed by atoms with Crippen molar-refractivity contribution in [3.05, 3.63) is 103 Å². The summed E-state index contributed by atoms with van der Waals surface area (Å²) < 4.78 is 34.5. The minimum atomic E-state index is -3.92. The zero-order chi connectivity index (χ0) is 25.1. The average molecular weight is 516 g/mol. The molecule has 0 aliphatic heterocycles. The highest BCUT2D eigenvalue weighted by Crippen LogP contribution is 2.31. The number of para-hydroxylation sites is 2. The predicted molar refractivity (Wildman–Crippen MR) is 143 cm³/mol. The average Bonchev–Trinajstić information content (AvgIpc) is 3.33. The van der Waals surface area contributed by atoms with E-state index in [1.807, 2.05) is 42.5 Å². The van der Waals surface area contributed by atoms with E-state index in [0.29, 0.717) is 11.4 Å². The topological polar surface area (TPSA) is 97.4 Å². The van der Waals surface area contributed by atoms with Gasteiger partial charge in [-0.25, -0.2) is 13.4 Å². The maximum Gasteiger partial charge on any atom is 0.261 e. The summed E-state index contributed by atoms with van der Waals surface area (Å²) in [5.74, 6) is 0.103. The van der Waals surface area contributed by atoms with Crippen LogP contribution in [0.1, 0.15) is 10.4 Å². The van der Waals surface area contributed by atoms with Gasteiger partial charge >= 0.3 is 0 Å². The normalized spacial score (nSPS) is 11.2. The number of carbonyl (C=O) groups excluding carboxylic acids is 1. The third-order valence-corrected chi connectivity index (χ3v) is 7.91. The number of methoxy groups -OCH3 is 1. The number of rotatable bonds is 7. The fourth-order valence-electron chi connectivity index (χ4n) is 3.65. The maximum atomic E-state index is 13.2. The van der Waals surface area contributed by atoms with Gasteiger partial charge in [-0.05, 0) is 60.7 Å². The van der Waals surface area contributed by atoms with Gasteiger partial charge in [-0.1, -0.05) is 36.4 Å². The minimum absolute atomic E-state index is 0.0575. The fourth-order valence-corrected chi connectivity index (χ4v) is 5.69. The molecule has 5 rings (SSSR count). The molecule has 180 valence electrons. The first kappa shape index (κ1) is 23.5. The smallest absolute Gasteiger partial charge is 0.261 e. The van der Waals surface area contributed by atoms with E-state index in [1.54, 1.807) is 53.8 Å². The second-order valence-electron chi connectivity index (χ2n) is 7.85. The fraction of sp³-hybridized carbons (Fsp3) is 0.0370. The van der Waals surface area contributed by atoms with Crippen molar-refractivity contribution in [2.75, 3.05) is 17.1 Å². The molecule has 1 heterocycles. The lowest BCUT2D eigenvalue weighted by Crippen LogP contribution is -2.18. The Hall–Kier alpha value is -4.21. The monoisotopic (exact) mass is 515 g/mol. The maximum absolute atomic E-state index is 13.2. The number of nitrogens with zero attached hydrogens (tertiary/aromatic N) is 1. The van der Waals surface area contributed by atoms with Gasteiger partial charge in [0, 0.05) is 11.3 Å². The Balaban J connectivity index is 1.38. The SMILES string of the molecule is COc1ccc(S(=O)(=O)Nc2ccccc2C(=O)Nc2cccc(-c3nc4ccccc4s3)c2)cc1. The molecule has 4 aromatic carbocycles. The summed E-state index contributed by atoms with van der Waals surface area (Å²) in [4.78, 5) is 17.9. The highest BCUT2D eigenvalue weighted by molar-refractivity contribution is 7.92. The van der Waals surface area contributed by atoms with Gasteiger partial charge in [-0.15, -0.1) is 11.3 Å². The largest absolute Gasteiger partial charge is 0.497 e. The molecular formula is C27H21N3O4S2. The lowest BCUT2D eigenvalue weighted by Gasteiger charge is -2.13. The van der Waals surface area contributed by atoms with Crippen LogP contribution in [0, 0.1) is 0 Å². The lowest BCUT2D eigenvalue weighted by atomic mass is 10.1. The molecule has 0 radical (unpaired) electrons. The highest BCUT2D eigenvalue weighted by Gasteiger charge is 2.19. The zero-order valence-corrected chi connectivity index (χ0v) is 20.8. The van der Waals surface area contributed by atoms with E-state index in [9.17, 15) is 13.2 Å². The van der Waals surface area contributed by atoms with Crippen LogP contribution in [0.4, 0.5) is 11.4 Å². The van der Waals surface area contributed by atoms with E-state index >= 15 is 0 Å². The number of thiazole rings is 1. The van der Waals surface area contributed by atoms with Crippen LogP contribution in [0.5, 0.6) is 5.75 Å². The minimum Gasteiger partial charge on any atom is -0.497 e. The second-order valence-corrected chi connectivity index (χ2v) is 10.6. The number of ether oxygens (including phenoxy) is 1. The van der Waals surface area contributed by atoms with Gasteiger partial charge < -0.3 is 10.1 Å². The first-order valence-electron chi connectivity index (χ1n) is 11.0. The highest BCUT2D eigenvalue weighted by atomic mass is 32.2. The van der Waals surface area contributed by atoms with Crippen molar-refractivity contribution in [3.8, 4) is 16.3 Å². The molecule has 0 fully saturated rings. The van der Waals surface area contributed by atoms with Crippen LogP contribution in [-0.4, -0.2) is 26.4 Å². The van der Waals surface area contributed by atoms with Crippen LogP contribution >= 0.6 is 11.3 Å². The zero-order valence-electron chi connectivity index (χ0n) is 19.1. The Morgan fingerprint density at radius 1 is 0.889 bits per heavy atom. The molecule has 0 saturated heterocycles. The molecule has 2 N–H and O–H groups in total. The van der Waals surface area contributed by atoms with Crippen LogP contribution in [-0.2, 0) is 10.0 Å². The summed E-state index contributed by atoms with van der Waals surface area (Å²) in [5, 5.41) is 3.72. The molecule has 7 nitrogen and oxygen atoms in total. The number of carbonyl (C=O) groups is 1. The first-order valence-corrected chi connectivity index (χ1v) is 13.3. The van der Waals surface area contributed by atoms with Crippen molar-refractivity contribution < 1.29 is 17.9 Å². The summed E-state index contributed by atoms with van der Waals surface area (Å²) in [6.07, 6.45) is 0. The standard InChI is InChI=1S/C27H21N3O4S2/c1-34-20-13-15-21(16-14-20)36(32,33)30-23-10-3-2-9-22(23)26(31)28-19-8-6-7-18(17-19)27-29-24-11-4-5-12-25(24)35-27/h2-17,30H,1H3,(H,28,31). The number of nitrogens with one attached hydrogen (secondary N) is 2. The quantitative estimate of drug-likeness (QED) is 0.276. The molecule has 1 aromatic heterocycles. The Morgan fingerprint density at radius 3 is 2.42 bits per heavy atom. The molecule has 5 aromatic rings. The first-order chi connectivity index (χ1) is 17.4. The molecular weight excluding hydrogens is 494 g/mol. The number of anilines is 2. The molecule has 0 aliphatic rings. The number of aromatic nitrogens is 1. The number of amides is 1. The third-order valence-electron chi connectivity index (χ3n) is 5.45. The second kappa shape index (κ2) is 9.80. The van der Waals surface area contributed by atoms with E-state index in [1.165, 1.54) is 19.2 Å². The molecule has 0 bridgehead atoms. The van der Waals surface area contributed by atoms with Gasteiger partial charge in [0.25, 0.3) is 15.9 Å². The molecule has 36 heavy (non-hydrogen) atoms. The van der Waals surface area contributed by atoms with E-state index in [-0.39, 0.29) is 16.1 Å². The molecule has 1 amide bonds. The number of fused-ring (bicyclic) bond motifs is 1. The number of hydrogen-bond donors (Lipinski definition) is 2. The van der Waals surface area contributed by atoms with Crippen LogP contribution in [0.15, 0.2) is 102 Å². The molecule has 0 unspecified atom stereocenters. The molecule has 0 spiro atoms. The summed E-state index contributed by atoms with van der Waals surface area (Å²) in [6.45, 7) is 0. The van der Waals surface area contributed by atoms with Crippen molar-refractivity contribution in [1.82, 2.24) is 4.98 Å². The summed E-state index contributed by atoms with van der Waals surface area (Å²) >= 11 is 1.57. The Kier molecular flexibility index (Phi) is 6.41. The Labute approximate surface area is 212 Å². The Bertz CT molecular complexity index is 1630. The molecule has 0 atom stereocenters. The van der Waals surface area contributed by atoms with Crippen molar-refractivity contribution in [2.45, 2.75) is 4.90 Å². The molecule has 0 saturated carbocycles. The number of sulfonamides is 1. The van der Waals surface area contributed by atoms with E-state index in [2.05, 4.69) is 15.0 Å². The summed E-state index contributed by atoms with van der Waals surface area (Å²) in [5.41, 5.74) is 2.74. The van der Waals surface area contributed by atoms with Gasteiger partial charge in [0.1, 0.15) is 10.8 Å². The van der Waals surface area contributed by atoms with Crippen molar-refractivity contribution in [1.29, 1.82) is 0 Å². The van der Waals surface area contributed by atoms with Crippen molar-refractivity contribution in [3.63, 3.8) is 0 Å². The van der Waals surface area contributed by atoms with E-state index in [0.717, 1.165) is 20.8 Å². The summed E-state index contributed by atoms with van der Waals surface area (Å²) in [6, 6.07) is 27.8. The number of benzene rings is 4. The Morgan fingerprint density at radius 2 is 1.64 bits per heavy atom. The van der Waals surface area contributed by atoms with Crippen LogP contribution in [0.25, 0.3) is 20.8 Å². The van der Waals surface area contributed by atoms with Gasteiger partial charge in [0.2, 0.25) is 0 Å². The summed E-state index contributed by atoms with van der Waals surface area (Å²) in [7, 11) is -2.41. The van der Waals surface area contributed by atoms with Crippen LogP contribution in [0.3, 0.4) is 0 Å². The third kappa shape index (κ3) is 4.93. The van der Waals surface area contributed by atoms with Gasteiger partial charge in [0.15, 0.2) is 0 Å². The van der Waals surface area contributed by atoms with Gasteiger partial charge in [-0.2, -0.15) is 0 Å². The number of hydrogen-bond acceptors (Lipinski definition) is 6.